The second-order valence-electron chi connectivity index (χ2n) is 2.21. The molecule has 0 unspecified atom stereocenters. The first kappa shape index (κ1) is 9.24. The molecule has 0 rings (SSSR count). The van der Waals surface area contributed by atoms with E-state index in [0.717, 1.165) is 0 Å². The summed E-state index contributed by atoms with van der Waals surface area (Å²) in [5.41, 5.74) is 4.21. The smallest absolute Gasteiger partial charge is 0.0225 e. The molecule has 0 saturated heterocycles. The van der Waals surface area contributed by atoms with Gasteiger partial charge in [0.2, 0.25) is 0 Å². The summed E-state index contributed by atoms with van der Waals surface area (Å²) in [6.07, 6.45) is 6.11. The zero-order valence-corrected chi connectivity index (χ0v) is 7.18. The molecule has 0 aromatic rings. The maximum Gasteiger partial charge on any atom is 0.0225 e. The molecule has 0 aliphatic heterocycles. The van der Waals surface area contributed by atoms with Crippen LogP contribution in [0.1, 0.15) is 13.8 Å². The van der Waals surface area contributed by atoms with Crippen molar-refractivity contribution in [3.8, 4) is 0 Å². The Labute approximate surface area is 63.2 Å². The van der Waals surface area contributed by atoms with Crippen molar-refractivity contribution in [1.82, 2.24) is 10.4 Å². The lowest BCUT2D eigenvalue weighted by molar-refractivity contribution is 0.363. The molecule has 0 fully saturated rings. The molecule has 2 nitrogen and oxygen atoms in total. The van der Waals surface area contributed by atoms with Crippen molar-refractivity contribution in [2.24, 2.45) is 0 Å². The predicted octanol–water partition coefficient (Wildman–Crippen LogP) is 1.53. The minimum atomic E-state index is 1.24. The SMILES string of the molecule is C/C=C/C(C)=C/N(C)NC. The molecule has 0 aliphatic rings. The van der Waals surface area contributed by atoms with Crippen LogP contribution in [-0.2, 0) is 0 Å². The number of hydrogen-bond acceptors (Lipinski definition) is 2. The number of allylic oxidation sites excluding steroid dienone is 3. The standard InChI is InChI=1S/C8H16N2/c1-5-6-8(2)7-10(4)9-3/h5-7,9H,1-4H3/b6-5+,8-7+. The van der Waals surface area contributed by atoms with Gasteiger partial charge in [0.25, 0.3) is 0 Å². The van der Waals surface area contributed by atoms with Gasteiger partial charge in [-0.15, -0.1) is 0 Å². The van der Waals surface area contributed by atoms with Gasteiger partial charge < -0.3 is 5.01 Å². The fraction of sp³-hybridized carbons (Fsp3) is 0.500. The van der Waals surface area contributed by atoms with Gasteiger partial charge in [0.1, 0.15) is 0 Å². The third kappa shape index (κ3) is 4.15. The van der Waals surface area contributed by atoms with Crippen LogP contribution in [-0.4, -0.2) is 19.1 Å². The second kappa shape index (κ2) is 5.06. The van der Waals surface area contributed by atoms with E-state index in [1.165, 1.54) is 5.57 Å². The van der Waals surface area contributed by atoms with Crippen molar-refractivity contribution < 1.29 is 0 Å². The first-order valence-electron chi connectivity index (χ1n) is 3.42. The molecule has 0 aromatic carbocycles. The number of hydrogen-bond donors (Lipinski definition) is 1. The molecule has 1 N–H and O–H groups in total. The Kier molecular flexibility index (Phi) is 4.67. The Morgan fingerprint density at radius 1 is 1.50 bits per heavy atom. The summed E-state index contributed by atoms with van der Waals surface area (Å²) in [5.74, 6) is 0. The van der Waals surface area contributed by atoms with Crippen molar-refractivity contribution in [2.45, 2.75) is 13.8 Å². The van der Waals surface area contributed by atoms with Crippen molar-refractivity contribution >= 4 is 0 Å². The van der Waals surface area contributed by atoms with E-state index in [0.29, 0.717) is 0 Å². The Hall–Kier alpha value is -0.760. The van der Waals surface area contributed by atoms with E-state index in [1.54, 1.807) is 0 Å². The molecule has 0 amide bonds. The molecule has 2 heteroatoms. The van der Waals surface area contributed by atoms with E-state index in [4.69, 9.17) is 0 Å². The molecule has 0 heterocycles. The highest BCUT2D eigenvalue weighted by atomic mass is 15.5. The third-order valence-corrected chi connectivity index (χ3v) is 1.18. The van der Waals surface area contributed by atoms with Gasteiger partial charge in [-0.25, -0.2) is 5.43 Å². The molecule has 0 saturated carbocycles. The van der Waals surface area contributed by atoms with Gasteiger partial charge in [-0.05, 0) is 19.4 Å². The van der Waals surface area contributed by atoms with Crippen LogP contribution in [0.3, 0.4) is 0 Å². The maximum atomic E-state index is 2.98. The topological polar surface area (TPSA) is 15.3 Å². The highest BCUT2D eigenvalue weighted by molar-refractivity contribution is 5.13. The highest BCUT2D eigenvalue weighted by Gasteiger charge is 1.83. The molecule has 0 atom stereocenters. The van der Waals surface area contributed by atoms with Crippen LogP contribution in [0, 0.1) is 0 Å². The average molecular weight is 140 g/mol. The highest BCUT2D eigenvalue weighted by Crippen LogP contribution is 1.94. The number of nitrogens with one attached hydrogen (secondary N) is 1. The third-order valence-electron chi connectivity index (χ3n) is 1.18. The average Bonchev–Trinajstić information content (AvgIpc) is 1.88. The lowest BCUT2D eigenvalue weighted by atomic mass is 10.3. The molecule has 10 heavy (non-hydrogen) atoms. The molecule has 0 aromatic heterocycles. The van der Waals surface area contributed by atoms with Crippen molar-refractivity contribution in [2.75, 3.05) is 14.1 Å². The fourth-order valence-corrected chi connectivity index (χ4v) is 0.676. The molecular weight excluding hydrogens is 124 g/mol. The number of hydrazine groups is 1. The van der Waals surface area contributed by atoms with Crippen LogP contribution < -0.4 is 5.43 Å². The lowest BCUT2D eigenvalue weighted by Crippen LogP contribution is -2.25. The molecule has 0 bridgehead atoms. The van der Waals surface area contributed by atoms with Crippen LogP contribution >= 0.6 is 0 Å². The molecule has 58 valence electrons. The van der Waals surface area contributed by atoms with E-state index in [9.17, 15) is 0 Å². The van der Waals surface area contributed by atoms with Crippen molar-refractivity contribution in [3.05, 3.63) is 23.9 Å². The van der Waals surface area contributed by atoms with Crippen LogP contribution in [0.15, 0.2) is 23.9 Å². The van der Waals surface area contributed by atoms with E-state index in [-0.39, 0.29) is 0 Å². The zero-order valence-electron chi connectivity index (χ0n) is 7.18. The quantitative estimate of drug-likeness (QED) is 0.472. The zero-order chi connectivity index (χ0) is 7.98. The Balaban J connectivity index is 3.89. The maximum absolute atomic E-state index is 2.98. The van der Waals surface area contributed by atoms with Gasteiger partial charge in [-0.3, -0.25) is 0 Å². The van der Waals surface area contributed by atoms with Gasteiger partial charge in [0.15, 0.2) is 0 Å². The van der Waals surface area contributed by atoms with Crippen LogP contribution in [0.25, 0.3) is 0 Å². The van der Waals surface area contributed by atoms with Crippen LogP contribution in [0.2, 0.25) is 0 Å². The molecule has 0 radical (unpaired) electrons. The minimum absolute atomic E-state index is 1.24. The summed E-state index contributed by atoms with van der Waals surface area (Å²) >= 11 is 0. The normalized spacial score (nSPS) is 12.6. The largest absolute Gasteiger partial charge is 0.319 e. The van der Waals surface area contributed by atoms with Gasteiger partial charge in [0, 0.05) is 20.3 Å². The summed E-state index contributed by atoms with van der Waals surface area (Å²) in [6, 6.07) is 0. The Bertz CT molecular complexity index is 136. The first-order valence-corrected chi connectivity index (χ1v) is 3.42. The molecular formula is C8H16N2. The fourth-order valence-electron chi connectivity index (χ4n) is 0.676. The summed E-state index contributed by atoms with van der Waals surface area (Å²) in [4.78, 5) is 0. The van der Waals surface area contributed by atoms with Crippen LogP contribution in [0.4, 0.5) is 0 Å². The lowest BCUT2D eigenvalue weighted by Gasteiger charge is -2.11. The van der Waals surface area contributed by atoms with Crippen LogP contribution in [0.5, 0.6) is 0 Å². The minimum Gasteiger partial charge on any atom is -0.319 e. The van der Waals surface area contributed by atoms with Gasteiger partial charge >= 0.3 is 0 Å². The van der Waals surface area contributed by atoms with Crippen molar-refractivity contribution in [1.29, 1.82) is 0 Å². The number of rotatable bonds is 3. The van der Waals surface area contributed by atoms with E-state index >= 15 is 0 Å². The monoisotopic (exact) mass is 140 g/mol. The van der Waals surface area contributed by atoms with Gasteiger partial charge in [-0.2, -0.15) is 0 Å². The molecule has 0 aliphatic carbocycles. The van der Waals surface area contributed by atoms with Gasteiger partial charge in [-0.1, -0.05) is 12.2 Å². The Morgan fingerprint density at radius 2 is 2.10 bits per heavy atom. The summed E-state index contributed by atoms with van der Waals surface area (Å²) in [6.45, 7) is 4.07. The summed E-state index contributed by atoms with van der Waals surface area (Å²) in [7, 11) is 3.85. The van der Waals surface area contributed by atoms with E-state index in [2.05, 4.69) is 18.4 Å². The van der Waals surface area contributed by atoms with Crippen molar-refractivity contribution in [3.63, 3.8) is 0 Å². The molecule has 0 spiro atoms. The Morgan fingerprint density at radius 3 is 2.50 bits per heavy atom. The second-order valence-corrected chi connectivity index (χ2v) is 2.21. The summed E-state index contributed by atoms with van der Waals surface area (Å²) in [5, 5.41) is 1.91. The first-order chi connectivity index (χ1) is 4.70. The predicted molar refractivity (Wildman–Crippen MR) is 45.4 cm³/mol. The number of nitrogens with zero attached hydrogens (tertiary/aromatic N) is 1. The van der Waals surface area contributed by atoms with E-state index in [1.807, 2.05) is 38.3 Å². The van der Waals surface area contributed by atoms with E-state index < -0.39 is 0 Å². The van der Waals surface area contributed by atoms with Gasteiger partial charge in [0.05, 0.1) is 0 Å². The summed E-state index contributed by atoms with van der Waals surface area (Å²) < 4.78 is 0.